The van der Waals surface area contributed by atoms with Crippen molar-refractivity contribution < 1.29 is 4.84 Å². The summed E-state index contributed by atoms with van der Waals surface area (Å²) in [4.78, 5) is 8.68. The second kappa shape index (κ2) is 11.8. The number of nitrogens with zero attached hydrogens (tertiary/aromatic N) is 1. The van der Waals surface area contributed by atoms with Gasteiger partial charge in [-0.05, 0) is 48.7 Å². The molecule has 0 spiro atoms. The van der Waals surface area contributed by atoms with Crippen molar-refractivity contribution in [2.45, 2.75) is 26.7 Å². The number of fused-ring (bicyclic) bond motifs is 1. The third-order valence-corrected chi connectivity index (χ3v) is 5.20. The summed E-state index contributed by atoms with van der Waals surface area (Å²) in [5, 5.41) is 18.1. The van der Waals surface area contributed by atoms with Gasteiger partial charge in [0.15, 0.2) is 0 Å². The summed E-state index contributed by atoms with van der Waals surface area (Å²) in [6.45, 7) is 8.81. The molecule has 172 valence electrons. The number of allylic oxidation sites excluding steroid dienone is 2. The zero-order valence-electron chi connectivity index (χ0n) is 18.3. The number of aryl methyl sites for hydroxylation is 1. The first kappa shape index (κ1) is 26.5. The second-order valence-corrected chi connectivity index (χ2v) is 7.43. The Kier molecular flexibility index (Phi) is 9.77. The van der Waals surface area contributed by atoms with Crippen LogP contribution in [0.15, 0.2) is 49.2 Å². The van der Waals surface area contributed by atoms with E-state index in [0.29, 0.717) is 23.8 Å². The highest BCUT2D eigenvalue weighted by Gasteiger charge is 2.37. The van der Waals surface area contributed by atoms with Crippen molar-refractivity contribution in [2.75, 3.05) is 37.0 Å². The highest BCUT2D eigenvalue weighted by molar-refractivity contribution is 5.94. The SMILES string of the molecule is C.C=C/C=C\C(=N)CNOC.Cc1cc(C2(C)CNc3cnc(N)cc32)cc(C=N)c1N. The van der Waals surface area contributed by atoms with Gasteiger partial charge in [0, 0.05) is 35.1 Å². The van der Waals surface area contributed by atoms with Crippen LogP contribution in [0.3, 0.4) is 0 Å². The number of anilines is 3. The molecule has 3 rings (SSSR count). The first-order chi connectivity index (χ1) is 14.8. The molecule has 0 saturated carbocycles. The number of nitrogens with two attached hydrogens (primary N) is 2. The maximum Gasteiger partial charge on any atom is 0.123 e. The van der Waals surface area contributed by atoms with Crippen LogP contribution in [0, 0.1) is 17.7 Å². The van der Waals surface area contributed by atoms with Crippen LogP contribution in [-0.2, 0) is 10.3 Å². The van der Waals surface area contributed by atoms with Crippen LogP contribution in [-0.4, -0.2) is 37.1 Å². The van der Waals surface area contributed by atoms with Crippen molar-refractivity contribution in [3.8, 4) is 0 Å². The van der Waals surface area contributed by atoms with Crippen LogP contribution in [0.5, 0.6) is 0 Å². The van der Waals surface area contributed by atoms with Gasteiger partial charge in [0.05, 0.1) is 25.5 Å². The molecule has 1 aromatic carbocycles. The van der Waals surface area contributed by atoms with Crippen molar-refractivity contribution in [2.24, 2.45) is 0 Å². The molecule has 0 bridgehead atoms. The van der Waals surface area contributed by atoms with Gasteiger partial charge in [0.1, 0.15) is 5.82 Å². The highest BCUT2D eigenvalue weighted by atomic mass is 16.6. The number of aromatic nitrogens is 1. The third-order valence-electron chi connectivity index (χ3n) is 5.20. The van der Waals surface area contributed by atoms with E-state index < -0.39 is 0 Å². The minimum atomic E-state index is -0.206. The third kappa shape index (κ3) is 6.03. The fourth-order valence-electron chi connectivity index (χ4n) is 3.35. The Bertz CT molecular complexity index is 1000. The molecule has 2 heterocycles. The van der Waals surface area contributed by atoms with Crippen molar-refractivity contribution in [1.29, 1.82) is 10.8 Å². The van der Waals surface area contributed by atoms with Gasteiger partial charge in [-0.1, -0.05) is 32.2 Å². The van der Waals surface area contributed by atoms with Crippen LogP contribution < -0.4 is 22.3 Å². The van der Waals surface area contributed by atoms with Gasteiger partial charge in [-0.2, -0.15) is 5.48 Å². The predicted octanol–water partition coefficient (Wildman–Crippen LogP) is 3.82. The largest absolute Gasteiger partial charge is 0.398 e. The molecule has 1 atom stereocenters. The molecule has 1 unspecified atom stereocenters. The lowest BCUT2D eigenvalue weighted by atomic mass is 9.77. The van der Waals surface area contributed by atoms with E-state index in [2.05, 4.69) is 40.2 Å². The van der Waals surface area contributed by atoms with Crippen molar-refractivity contribution >= 4 is 29.1 Å². The van der Waals surface area contributed by atoms with Crippen LogP contribution >= 0.6 is 0 Å². The Hall–Kier alpha value is -3.49. The Morgan fingerprint density at radius 3 is 2.72 bits per heavy atom. The molecule has 1 aliphatic heterocycles. The number of nitrogens with one attached hydrogen (secondary N) is 4. The fourth-order valence-corrected chi connectivity index (χ4v) is 3.35. The zero-order chi connectivity index (χ0) is 23.0. The first-order valence-corrected chi connectivity index (χ1v) is 9.80. The number of benzene rings is 1. The summed E-state index contributed by atoms with van der Waals surface area (Å²) < 4.78 is 0. The smallest absolute Gasteiger partial charge is 0.123 e. The van der Waals surface area contributed by atoms with Crippen LogP contribution in [0.1, 0.15) is 36.6 Å². The molecule has 0 radical (unpaired) electrons. The van der Waals surface area contributed by atoms with Crippen molar-refractivity contribution in [1.82, 2.24) is 10.5 Å². The highest BCUT2D eigenvalue weighted by Crippen LogP contribution is 2.42. The normalized spacial score (nSPS) is 16.2. The molecule has 0 fully saturated rings. The van der Waals surface area contributed by atoms with Crippen LogP contribution in [0.2, 0.25) is 0 Å². The van der Waals surface area contributed by atoms with Gasteiger partial charge in [0.25, 0.3) is 0 Å². The lowest BCUT2D eigenvalue weighted by molar-refractivity contribution is 0.104. The number of pyridine rings is 1. The molecule has 8 heteroatoms. The lowest BCUT2D eigenvalue weighted by Crippen LogP contribution is -2.26. The van der Waals surface area contributed by atoms with Gasteiger partial charge in [0.2, 0.25) is 0 Å². The molecule has 0 amide bonds. The standard InChI is InChI=1S/C16H19N5.C7H12N2O.CH4/c1-9-3-11(4-10(6-17)15(9)19)16(2)8-21-13-7-20-14(18)5-12(13)16;1-3-4-5-7(8)6-9-10-2;/h3-7,17,21H,8,19H2,1-2H3,(H2,18,20);3-5,8-9H,1,6H2,2H3;1H4/b;5-4-,8-7?;. The minimum Gasteiger partial charge on any atom is -0.398 e. The molecule has 0 aliphatic carbocycles. The van der Waals surface area contributed by atoms with E-state index >= 15 is 0 Å². The van der Waals surface area contributed by atoms with Crippen LogP contribution in [0.25, 0.3) is 0 Å². The van der Waals surface area contributed by atoms with E-state index in [-0.39, 0.29) is 12.8 Å². The lowest BCUT2D eigenvalue weighted by Gasteiger charge is -2.26. The zero-order valence-corrected chi connectivity index (χ0v) is 18.3. The topological polar surface area (TPSA) is 146 Å². The molecule has 1 aromatic heterocycles. The van der Waals surface area contributed by atoms with Gasteiger partial charge < -0.3 is 32.4 Å². The summed E-state index contributed by atoms with van der Waals surface area (Å²) >= 11 is 0. The molecule has 8 nitrogen and oxygen atoms in total. The average Bonchev–Trinajstić information content (AvgIpc) is 3.10. The van der Waals surface area contributed by atoms with Gasteiger partial charge >= 0.3 is 0 Å². The van der Waals surface area contributed by atoms with Crippen LogP contribution in [0.4, 0.5) is 17.2 Å². The number of hydrogen-bond acceptors (Lipinski definition) is 8. The maximum absolute atomic E-state index is 7.54. The molecular weight excluding hydrogens is 402 g/mol. The Labute approximate surface area is 190 Å². The number of rotatable bonds is 7. The molecule has 0 saturated heterocycles. The van der Waals surface area contributed by atoms with E-state index in [0.717, 1.165) is 34.5 Å². The molecule has 1 aliphatic rings. The Morgan fingerprint density at radius 1 is 1.38 bits per heavy atom. The summed E-state index contributed by atoms with van der Waals surface area (Å²) in [6.07, 6.45) is 8.07. The number of hydrogen-bond donors (Lipinski definition) is 6. The molecule has 32 heavy (non-hydrogen) atoms. The maximum atomic E-state index is 7.54. The van der Waals surface area contributed by atoms with E-state index in [1.54, 1.807) is 24.4 Å². The van der Waals surface area contributed by atoms with Crippen molar-refractivity contribution in [3.05, 3.63) is 71.5 Å². The summed E-state index contributed by atoms with van der Waals surface area (Å²) in [6, 6.07) is 6.00. The second-order valence-electron chi connectivity index (χ2n) is 7.43. The molecular formula is C24H35N7O. The van der Waals surface area contributed by atoms with Crippen molar-refractivity contribution in [3.63, 3.8) is 0 Å². The first-order valence-electron chi connectivity index (χ1n) is 9.80. The van der Waals surface area contributed by atoms with E-state index in [1.165, 1.54) is 13.3 Å². The fraction of sp³-hybridized carbons (Fsp3) is 0.292. The average molecular weight is 438 g/mol. The summed E-state index contributed by atoms with van der Waals surface area (Å²) in [5.74, 6) is 0.517. The van der Waals surface area contributed by atoms with Gasteiger partial charge in [-0.3, -0.25) is 0 Å². The van der Waals surface area contributed by atoms with Gasteiger partial charge in [-0.15, -0.1) is 0 Å². The summed E-state index contributed by atoms with van der Waals surface area (Å²) in [7, 11) is 1.52. The Balaban J connectivity index is 0.000000400. The number of nitrogen functional groups attached to an aromatic ring is 2. The molecule has 2 aromatic rings. The number of hydroxylamine groups is 1. The quantitative estimate of drug-likeness (QED) is 0.168. The summed E-state index contributed by atoms with van der Waals surface area (Å²) in [5.41, 5.74) is 20.4. The Morgan fingerprint density at radius 2 is 2.09 bits per heavy atom. The van der Waals surface area contributed by atoms with E-state index in [9.17, 15) is 0 Å². The minimum absolute atomic E-state index is 0. The predicted molar refractivity (Wildman–Crippen MR) is 136 cm³/mol. The van der Waals surface area contributed by atoms with E-state index in [4.69, 9.17) is 22.3 Å². The van der Waals surface area contributed by atoms with E-state index in [1.807, 2.05) is 19.1 Å². The monoisotopic (exact) mass is 437 g/mol. The molecule has 8 N–H and O–H groups in total. The van der Waals surface area contributed by atoms with Gasteiger partial charge in [-0.25, -0.2) is 4.98 Å².